The number of nitrogen functional groups attached to an aromatic ring is 1. The maximum atomic E-state index is 14.1. The lowest BCUT2D eigenvalue weighted by Gasteiger charge is -2.36. The number of hydrogen-bond donors (Lipinski definition) is 1. The Bertz CT molecular complexity index is 624. The Morgan fingerprint density at radius 2 is 2.10 bits per heavy atom. The van der Waals surface area contributed by atoms with Crippen molar-refractivity contribution in [1.29, 1.82) is 0 Å². The number of anilines is 1. The number of nitrogens with two attached hydrogens (primary N) is 1. The van der Waals surface area contributed by atoms with Gasteiger partial charge in [0.1, 0.15) is 4.90 Å². The van der Waals surface area contributed by atoms with Crippen molar-refractivity contribution >= 4 is 39.1 Å². The molecule has 0 amide bonds. The molecule has 1 aromatic carbocycles. The molecule has 2 N–H and O–H groups in total. The second kappa shape index (κ2) is 5.71. The Balaban J connectivity index is 2.50. The number of thioether (sulfide) groups is 1. The first-order valence-corrected chi connectivity index (χ1v) is 8.99. The van der Waals surface area contributed by atoms with Crippen LogP contribution in [0.1, 0.15) is 13.8 Å². The normalized spacial score (nSPS) is 24.8. The highest BCUT2D eigenvalue weighted by molar-refractivity contribution is 8.00. The molecule has 8 heteroatoms. The van der Waals surface area contributed by atoms with Crippen molar-refractivity contribution in [2.24, 2.45) is 0 Å². The number of rotatable bonds is 2. The molecular weight excluding hydrogens is 323 g/mol. The highest BCUT2D eigenvalue weighted by atomic mass is 35.5. The quantitative estimate of drug-likeness (QED) is 0.842. The SMILES string of the molecule is CC1SCCN(S(=O)(=O)c2cc(N)cc(Cl)c2F)C1C. The maximum absolute atomic E-state index is 14.1. The third-order valence-corrected chi connectivity index (χ3v) is 7.03. The molecule has 0 saturated carbocycles. The van der Waals surface area contributed by atoms with Gasteiger partial charge in [-0.1, -0.05) is 18.5 Å². The first kappa shape index (κ1) is 15.9. The first-order chi connectivity index (χ1) is 9.25. The summed E-state index contributed by atoms with van der Waals surface area (Å²) in [6.07, 6.45) is 0. The fourth-order valence-corrected chi connectivity index (χ4v) is 5.54. The molecule has 2 unspecified atom stereocenters. The Hall–Kier alpha value is -0.500. The lowest BCUT2D eigenvalue weighted by atomic mass is 10.2. The predicted octanol–water partition coefficient (Wildman–Crippen LogP) is 2.58. The van der Waals surface area contributed by atoms with Crippen molar-refractivity contribution in [2.75, 3.05) is 18.0 Å². The zero-order valence-electron chi connectivity index (χ0n) is 11.1. The van der Waals surface area contributed by atoms with E-state index in [0.29, 0.717) is 12.3 Å². The summed E-state index contributed by atoms with van der Waals surface area (Å²) in [5.41, 5.74) is 5.71. The van der Waals surface area contributed by atoms with Gasteiger partial charge in [-0.25, -0.2) is 12.8 Å². The van der Waals surface area contributed by atoms with Gasteiger partial charge in [0, 0.05) is 29.3 Å². The van der Waals surface area contributed by atoms with E-state index in [9.17, 15) is 12.8 Å². The molecule has 0 radical (unpaired) electrons. The predicted molar refractivity (Wildman–Crippen MR) is 81.1 cm³/mol. The zero-order valence-corrected chi connectivity index (χ0v) is 13.5. The maximum Gasteiger partial charge on any atom is 0.246 e. The Labute approximate surface area is 127 Å². The van der Waals surface area contributed by atoms with Gasteiger partial charge in [-0.05, 0) is 19.1 Å². The summed E-state index contributed by atoms with van der Waals surface area (Å²) in [7, 11) is -3.94. The third kappa shape index (κ3) is 2.77. The minimum absolute atomic E-state index is 0.127. The molecule has 2 atom stereocenters. The van der Waals surface area contributed by atoms with Gasteiger partial charge in [0.25, 0.3) is 0 Å². The molecule has 1 aliphatic heterocycles. The zero-order chi connectivity index (χ0) is 15.1. The van der Waals surface area contributed by atoms with Crippen LogP contribution in [0.3, 0.4) is 0 Å². The topological polar surface area (TPSA) is 63.4 Å². The summed E-state index contributed by atoms with van der Waals surface area (Å²) in [6, 6.07) is 2.11. The molecule has 0 spiro atoms. The van der Waals surface area contributed by atoms with E-state index in [-0.39, 0.29) is 22.0 Å². The van der Waals surface area contributed by atoms with Crippen molar-refractivity contribution in [3.63, 3.8) is 0 Å². The molecule has 20 heavy (non-hydrogen) atoms. The van der Waals surface area contributed by atoms with Crippen LogP contribution in [0.15, 0.2) is 17.0 Å². The lowest BCUT2D eigenvalue weighted by molar-refractivity contribution is 0.338. The van der Waals surface area contributed by atoms with E-state index in [1.54, 1.807) is 11.8 Å². The van der Waals surface area contributed by atoms with E-state index in [1.807, 2.05) is 13.8 Å². The van der Waals surface area contributed by atoms with Crippen molar-refractivity contribution in [3.8, 4) is 0 Å². The smallest absolute Gasteiger partial charge is 0.246 e. The second-order valence-electron chi connectivity index (χ2n) is 4.75. The first-order valence-electron chi connectivity index (χ1n) is 6.13. The van der Waals surface area contributed by atoms with Crippen molar-refractivity contribution in [3.05, 3.63) is 23.0 Å². The standard InChI is InChI=1S/C12H16ClFN2O2S2/c1-7-8(2)19-4-3-16(7)20(17,18)11-6-9(15)5-10(13)12(11)14/h5-8H,3-4,15H2,1-2H3. The molecule has 0 bridgehead atoms. The van der Waals surface area contributed by atoms with Crippen LogP contribution in [0.4, 0.5) is 10.1 Å². The van der Waals surface area contributed by atoms with Crippen LogP contribution in [-0.4, -0.2) is 36.3 Å². The van der Waals surface area contributed by atoms with Crippen molar-refractivity contribution < 1.29 is 12.8 Å². The van der Waals surface area contributed by atoms with Gasteiger partial charge in [-0.15, -0.1) is 0 Å². The average Bonchev–Trinajstić information content (AvgIpc) is 2.36. The summed E-state index contributed by atoms with van der Waals surface area (Å²) in [6.45, 7) is 4.13. The van der Waals surface area contributed by atoms with Gasteiger partial charge >= 0.3 is 0 Å². The molecule has 0 aromatic heterocycles. The summed E-state index contributed by atoms with van der Waals surface area (Å²) in [4.78, 5) is -0.451. The van der Waals surface area contributed by atoms with E-state index in [2.05, 4.69) is 0 Å². The Morgan fingerprint density at radius 1 is 1.45 bits per heavy atom. The number of halogens is 2. The average molecular weight is 339 g/mol. The molecule has 1 aromatic rings. The van der Waals surface area contributed by atoms with Crippen molar-refractivity contribution in [1.82, 2.24) is 4.31 Å². The molecule has 2 rings (SSSR count). The number of hydrogen-bond acceptors (Lipinski definition) is 4. The molecule has 4 nitrogen and oxygen atoms in total. The van der Waals surface area contributed by atoms with Crippen LogP contribution >= 0.6 is 23.4 Å². The minimum atomic E-state index is -3.94. The third-order valence-electron chi connectivity index (χ3n) is 3.43. The van der Waals surface area contributed by atoms with E-state index in [0.717, 1.165) is 6.07 Å². The van der Waals surface area contributed by atoms with Gasteiger partial charge in [0.2, 0.25) is 10.0 Å². The summed E-state index contributed by atoms with van der Waals surface area (Å²) in [5.74, 6) is -0.262. The molecule has 1 fully saturated rings. The highest BCUT2D eigenvalue weighted by Gasteiger charge is 2.36. The van der Waals surface area contributed by atoms with Crippen LogP contribution < -0.4 is 5.73 Å². The molecule has 112 valence electrons. The fourth-order valence-electron chi connectivity index (χ4n) is 2.14. The van der Waals surface area contributed by atoms with Crippen LogP contribution in [0.2, 0.25) is 5.02 Å². The largest absolute Gasteiger partial charge is 0.399 e. The number of nitrogens with zero attached hydrogens (tertiary/aromatic N) is 1. The van der Waals surface area contributed by atoms with Crippen LogP contribution in [0.25, 0.3) is 0 Å². The van der Waals surface area contributed by atoms with E-state index >= 15 is 0 Å². The Morgan fingerprint density at radius 3 is 2.75 bits per heavy atom. The van der Waals surface area contributed by atoms with Gasteiger partial charge in [-0.2, -0.15) is 16.1 Å². The van der Waals surface area contributed by atoms with Crippen LogP contribution in [-0.2, 0) is 10.0 Å². The summed E-state index contributed by atoms with van der Waals surface area (Å²) in [5, 5.41) is -0.131. The summed E-state index contributed by atoms with van der Waals surface area (Å²) < 4.78 is 40.6. The number of benzene rings is 1. The van der Waals surface area contributed by atoms with E-state index < -0.39 is 20.7 Å². The van der Waals surface area contributed by atoms with Crippen LogP contribution in [0.5, 0.6) is 0 Å². The van der Waals surface area contributed by atoms with E-state index in [4.69, 9.17) is 17.3 Å². The highest BCUT2D eigenvalue weighted by Crippen LogP contribution is 2.33. The van der Waals surface area contributed by atoms with Gasteiger partial charge < -0.3 is 5.73 Å². The molecule has 1 aliphatic rings. The second-order valence-corrected chi connectivity index (χ2v) is 8.50. The minimum Gasteiger partial charge on any atom is -0.399 e. The van der Waals surface area contributed by atoms with Gasteiger partial charge in [0.15, 0.2) is 5.82 Å². The molecule has 1 heterocycles. The number of sulfonamides is 1. The van der Waals surface area contributed by atoms with E-state index in [1.165, 1.54) is 10.4 Å². The summed E-state index contributed by atoms with van der Waals surface area (Å²) >= 11 is 7.39. The molecule has 0 aliphatic carbocycles. The Kier molecular flexibility index (Phi) is 4.53. The molecule has 1 saturated heterocycles. The monoisotopic (exact) mass is 338 g/mol. The fraction of sp³-hybridized carbons (Fsp3) is 0.500. The van der Waals surface area contributed by atoms with Crippen LogP contribution in [0, 0.1) is 5.82 Å². The van der Waals surface area contributed by atoms with Crippen molar-refractivity contribution in [2.45, 2.75) is 30.0 Å². The van der Waals surface area contributed by atoms with Gasteiger partial charge in [0.05, 0.1) is 5.02 Å². The molecular formula is C12H16ClFN2O2S2. The lowest BCUT2D eigenvalue weighted by Crippen LogP contribution is -2.48. The van der Waals surface area contributed by atoms with Gasteiger partial charge in [-0.3, -0.25) is 0 Å².